The molecule has 2 bridgehead atoms. The van der Waals surface area contributed by atoms with Crippen LogP contribution in [0.25, 0.3) is 0 Å². The molecular weight excluding hydrogens is 342 g/mol. The van der Waals surface area contributed by atoms with Gasteiger partial charge in [-0.25, -0.2) is 9.78 Å². The average Bonchev–Trinajstić information content (AvgIpc) is 2.97. The lowest BCUT2D eigenvalue weighted by Crippen LogP contribution is -2.51. The van der Waals surface area contributed by atoms with E-state index in [0.29, 0.717) is 5.56 Å². The molecule has 1 aromatic carbocycles. The number of carbonyl (C=O) groups excluding carboxylic acids is 1. The van der Waals surface area contributed by atoms with E-state index < -0.39 is 5.97 Å². The molecule has 1 aromatic heterocycles. The van der Waals surface area contributed by atoms with Crippen LogP contribution < -0.4 is 4.90 Å². The summed E-state index contributed by atoms with van der Waals surface area (Å²) >= 11 is 0. The number of piperidine rings is 1. The van der Waals surface area contributed by atoms with Crippen molar-refractivity contribution in [1.82, 2.24) is 9.88 Å². The Kier molecular flexibility index (Phi) is 4.56. The summed E-state index contributed by atoms with van der Waals surface area (Å²) < 4.78 is 0. The number of aromatic nitrogens is 1. The Balaban J connectivity index is 1.51. The molecule has 2 fully saturated rings. The van der Waals surface area contributed by atoms with Gasteiger partial charge in [-0.05, 0) is 49.9 Å². The lowest BCUT2D eigenvalue weighted by Gasteiger charge is -2.43. The lowest BCUT2D eigenvalue weighted by molar-refractivity contribution is 0.0679. The third-order valence-corrected chi connectivity index (χ3v) is 5.82. The topological polar surface area (TPSA) is 73.7 Å². The maximum atomic E-state index is 12.8. The predicted octanol–water partition coefficient (Wildman–Crippen LogP) is 3.05. The highest BCUT2D eigenvalue weighted by Gasteiger charge is 2.43. The fourth-order valence-electron chi connectivity index (χ4n) is 4.47. The Morgan fingerprint density at radius 3 is 2.33 bits per heavy atom. The summed E-state index contributed by atoms with van der Waals surface area (Å²) in [5.74, 6) is -0.218. The SMILES string of the molecule is CN(C(=O)c1ccccc1)C1CC2CCC(C1)N2c1cccc(C(=O)O)n1. The van der Waals surface area contributed by atoms with Crippen LogP contribution in [0.4, 0.5) is 5.82 Å². The van der Waals surface area contributed by atoms with E-state index in [9.17, 15) is 14.7 Å². The van der Waals surface area contributed by atoms with Crippen molar-refractivity contribution >= 4 is 17.7 Å². The molecule has 6 heteroatoms. The number of hydrogen-bond donors (Lipinski definition) is 1. The summed E-state index contributed by atoms with van der Waals surface area (Å²) in [6.45, 7) is 0. The van der Waals surface area contributed by atoms with Gasteiger partial charge in [-0.15, -0.1) is 0 Å². The highest BCUT2D eigenvalue weighted by Crippen LogP contribution is 2.40. The van der Waals surface area contributed by atoms with Crippen molar-refractivity contribution in [3.8, 4) is 0 Å². The van der Waals surface area contributed by atoms with Crippen LogP contribution in [0.3, 0.4) is 0 Å². The summed E-state index contributed by atoms with van der Waals surface area (Å²) in [4.78, 5) is 32.5. The number of amides is 1. The number of rotatable bonds is 4. The Labute approximate surface area is 158 Å². The van der Waals surface area contributed by atoms with Crippen molar-refractivity contribution in [3.05, 3.63) is 59.8 Å². The molecule has 0 radical (unpaired) electrons. The number of hydrogen-bond acceptors (Lipinski definition) is 4. The zero-order valence-corrected chi connectivity index (χ0v) is 15.3. The molecule has 2 aliphatic heterocycles. The molecule has 2 aliphatic rings. The van der Waals surface area contributed by atoms with E-state index in [1.807, 2.05) is 48.3 Å². The number of pyridine rings is 1. The van der Waals surface area contributed by atoms with Gasteiger partial charge < -0.3 is 14.9 Å². The number of anilines is 1. The Bertz CT molecular complexity index is 841. The maximum absolute atomic E-state index is 12.8. The molecule has 2 saturated heterocycles. The Morgan fingerprint density at radius 2 is 1.70 bits per heavy atom. The van der Waals surface area contributed by atoms with Gasteiger partial charge in [-0.3, -0.25) is 4.79 Å². The van der Waals surface area contributed by atoms with Gasteiger partial charge in [0.05, 0.1) is 0 Å². The number of carboxylic acid groups (broad SMARTS) is 1. The number of nitrogens with zero attached hydrogens (tertiary/aromatic N) is 3. The van der Waals surface area contributed by atoms with Crippen LogP contribution in [-0.4, -0.2) is 52.0 Å². The fourth-order valence-corrected chi connectivity index (χ4v) is 4.47. The number of fused-ring (bicyclic) bond motifs is 2. The first kappa shape index (κ1) is 17.5. The quantitative estimate of drug-likeness (QED) is 0.901. The highest BCUT2D eigenvalue weighted by molar-refractivity contribution is 5.94. The van der Waals surface area contributed by atoms with Crippen LogP contribution in [-0.2, 0) is 0 Å². The molecule has 4 rings (SSSR count). The number of carboxylic acids is 1. The highest BCUT2D eigenvalue weighted by atomic mass is 16.4. The van der Waals surface area contributed by atoms with Gasteiger partial charge in [0, 0.05) is 30.7 Å². The number of carbonyl (C=O) groups is 2. The van der Waals surface area contributed by atoms with E-state index in [2.05, 4.69) is 9.88 Å². The minimum Gasteiger partial charge on any atom is -0.477 e. The van der Waals surface area contributed by atoms with E-state index in [0.717, 1.165) is 31.5 Å². The molecule has 27 heavy (non-hydrogen) atoms. The second-order valence-corrected chi connectivity index (χ2v) is 7.39. The molecule has 2 aromatic rings. The first-order valence-corrected chi connectivity index (χ1v) is 9.35. The standard InChI is InChI=1S/C21H23N3O3/c1-23(20(25)14-6-3-2-4-7-14)17-12-15-10-11-16(13-17)24(15)19-9-5-8-18(22-19)21(26)27/h2-9,15-17H,10-13H2,1H3,(H,26,27). The van der Waals surface area contributed by atoms with E-state index in [-0.39, 0.29) is 29.7 Å². The predicted molar refractivity (Wildman–Crippen MR) is 102 cm³/mol. The molecule has 6 nitrogen and oxygen atoms in total. The fraction of sp³-hybridized carbons (Fsp3) is 0.381. The molecule has 2 atom stereocenters. The lowest BCUT2D eigenvalue weighted by atomic mass is 9.95. The van der Waals surface area contributed by atoms with Crippen LogP contribution >= 0.6 is 0 Å². The molecule has 1 N–H and O–H groups in total. The minimum absolute atomic E-state index is 0.0550. The maximum Gasteiger partial charge on any atom is 0.354 e. The first-order chi connectivity index (χ1) is 13.0. The third kappa shape index (κ3) is 3.27. The van der Waals surface area contributed by atoms with Gasteiger partial charge in [0.1, 0.15) is 5.82 Å². The van der Waals surface area contributed by atoms with Crippen molar-refractivity contribution in [3.63, 3.8) is 0 Å². The number of benzene rings is 1. The zero-order chi connectivity index (χ0) is 19.0. The van der Waals surface area contributed by atoms with E-state index in [4.69, 9.17) is 0 Å². The van der Waals surface area contributed by atoms with Crippen molar-refractivity contribution in [2.45, 2.75) is 43.8 Å². The average molecular weight is 365 g/mol. The normalized spacial score (nSPS) is 23.9. The van der Waals surface area contributed by atoms with Gasteiger partial charge in [0.2, 0.25) is 0 Å². The van der Waals surface area contributed by atoms with Gasteiger partial charge in [0.15, 0.2) is 5.69 Å². The third-order valence-electron chi connectivity index (χ3n) is 5.82. The van der Waals surface area contributed by atoms with Gasteiger partial charge in [-0.1, -0.05) is 24.3 Å². The van der Waals surface area contributed by atoms with E-state index in [1.54, 1.807) is 6.07 Å². The van der Waals surface area contributed by atoms with Crippen molar-refractivity contribution < 1.29 is 14.7 Å². The molecular formula is C21H23N3O3. The first-order valence-electron chi connectivity index (χ1n) is 9.35. The summed E-state index contributed by atoms with van der Waals surface area (Å²) in [5.41, 5.74) is 0.788. The largest absolute Gasteiger partial charge is 0.477 e. The summed E-state index contributed by atoms with van der Waals surface area (Å²) in [6.07, 6.45) is 3.86. The summed E-state index contributed by atoms with van der Waals surface area (Å²) in [5, 5.41) is 9.21. The second kappa shape index (κ2) is 7.02. The molecule has 0 spiro atoms. The van der Waals surface area contributed by atoms with Crippen LogP contribution in [0, 0.1) is 0 Å². The van der Waals surface area contributed by atoms with Crippen LogP contribution in [0.5, 0.6) is 0 Å². The van der Waals surface area contributed by atoms with Crippen molar-refractivity contribution in [2.24, 2.45) is 0 Å². The van der Waals surface area contributed by atoms with Crippen LogP contribution in [0.15, 0.2) is 48.5 Å². The molecule has 2 unspecified atom stereocenters. The monoisotopic (exact) mass is 365 g/mol. The summed E-state index contributed by atoms with van der Waals surface area (Å²) in [6, 6.07) is 15.3. The van der Waals surface area contributed by atoms with Crippen molar-refractivity contribution in [2.75, 3.05) is 11.9 Å². The molecule has 1 amide bonds. The van der Waals surface area contributed by atoms with Crippen LogP contribution in [0.2, 0.25) is 0 Å². The molecule has 3 heterocycles. The minimum atomic E-state index is -1.01. The van der Waals surface area contributed by atoms with E-state index >= 15 is 0 Å². The zero-order valence-electron chi connectivity index (χ0n) is 15.3. The van der Waals surface area contributed by atoms with Gasteiger partial charge >= 0.3 is 5.97 Å². The Hall–Kier alpha value is -2.89. The smallest absolute Gasteiger partial charge is 0.354 e. The van der Waals surface area contributed by atoms with Crippen molar-refractivity contribution in [1.29, 1.82) is 0 Å². The van der Waals surface area contributed by atoms with Gasteiger partial charge in [0.25, 0.3) is 5.91 Å². The number of aromatic carboxylic acids is 1. The summed E-state index contributed by atoms with van der Waals surface area (Å²) in [7, 11) is 1.89. The van der Waals surface area contributed by atoms with Crippen LogP contribution in [0.1, 0.15) is 46.5 Å². The molecule has 0 saturated carbocycles. The molecule has 140 valence electrons. The molecule has 0 aliphatic carbocycles. The van der Waals surface area contributed by atoms with E-state index in [1.165, 1.54) is 6.07 Å². The second-order valence-electron chi connectivity index (χ2n) is 7.39. The Morgan fingerprint density at radius 1 is 1.04 bits per heavy atom. The van der Waals surface area contributed by atoms with Gasteiger partial charge in [-0.2, -0.15) is 0 Å².